The van der Waals surface area contributed by atoms with Crippen LogP contribution in [0.5, 0.6) is 5.75 Å². The predicted octanol–water partition coefficient (Wildman–Crippen LogP) is 4.63. The first-order valence-electron chi connectivity index (χ1n) is 8.97. The first kappa shape index (κ1) is 19.5. The lowest BCUT2D eigenvalue weighted by Gasteiger charge is -2.37. The van der Waals surface area contributed by atoms with E-state index in [0.29, 0.717) is 29.0 Å². The summed E-state index contributed by atoms with van der Waals surface area (Å²) in [7, 11) is 0. The normalized spacial score (nSPS) is 19.2. The molecule has 29 heavy (non-hydrogen) atoms. The molecule has 1 fully saturated rings. The van der Waals surface area contributed by atoms with E-state index in [2.05, 4.69) is 15.3 Å². The quantitative estimate of drug-likeness (QED) is 0.625. The number of fused-ring (bicyclic) bond motifs is 1. The highest BCUT2D eigenvalue weighted by Gasteiger charge is 2.36. The lowest BCUT2D eigenvalue weighted by molar-refractivity contribution is -0.140. The molecule has 4 nitrogen and oxygen atoms in total. The Bertz CT molecular complexity index is 1040. The third kappa shape index (κ3) is 4.00. The van der Waals surface area contributed by atoms with Gasteiger partial charge in [-0.25, -0.2) is 18.7 Å². The monoisotopic (exact) mass is 409 g/mol. The van der Waals surface area contributed by atoms with Gasteiger partial charge in [0.05, 0.1) is 11.1 Å². The molecule has 0 bridgehead atoms. The zero-order valence-electron chi connectivity index (χ0n) is 15.0. The summed E-state index contributed by atoms with van der Waals surface area (Å²) in [5, 5.41) is 3.88. The molecule has 2 atom stereocenters. The van der Waals surface area contributed by atoms with E-state index in [1.807, 2.05) is 0 Å². The second kappa shape index (κ2) is 7.55. The fourth-order valence-electron chi connectivity index (χ4n) is 3.31. The van der Waals surface area contributed by atoms with Crippen molar-refractivity contribution >= 4 is 10.9 Å². The SMILES string of the molecule is Fc1ccc(O[C@@H]2CC[C@H]2NCc2c(F)ccc3cncnc23)cc1C(F)(F)F. The van der Waals surface area contributed by atoms with Gasteiger partial charge in [-0.05, 0) is 43.2 Å². The molecule has 1 aliphatic carbocycles. The minimum atomic E-state index is -4.80. The van der Waals surface area contributed by atoms with E-state index in [-0.39, 0.29) is 18.3 Å². The summed E-state index contributed by atoms with van der Waals surface area (Å²) in [4.78, 5) is 8.04. The lowest BCUT2D eigenvalue weighted by Crippen LogP contribution is -2.50. The Hall–Kier alpha value is -2.81. The molecular weight excluding hydrogens is 393 g/mol. The number of alkyl halides is 3. The number of ether oxygens (including phenoxy) is 1. The summed E-state index contributed by atoms with van der Waals surface area (Å²) >= 11 is 0. The highest BCUT2D eigenvalue weighted by Crippen LogP contribution is 2.35. The van der Waals surface area contributed by atoms with Gasteiger partial charge < -0.3 is 10.1 Å². The van der Waals surface area contributed by atoms with Gasteiger partial charge in [0.25, 0.3) is 0 Å². The third-order valence-electron chi connectivity index (χ3n) is 5.01. The standard InChI is InChI=1S/C20H16F5N3O/c21-15-3-1-11-8-26-10-28-19(11)13(15)9-27-17-5-6-18(17)29-12-2-4-16(22)14(7-12)20(23,24)25/h1-4,7-8,10,17-18,27H,5-6,9H2/t17-,18-/m1/s1. The van der Waals surface area contributed by atoms with Gasteiger partial charge in [0.1, 0.15) is 29.8 Å². The molecule has 0 unspecified atom stereocenters. The van der Waals surface area contributed by atoms with Crippen LogP contribution in [0.4, 0.5) is 22.0 Å². The molecule has 1 saturated carbocycles. The van der Waals surface area contributed by atoms with Crippen LogP contribution in [0, 0.1) is 11.6 Å². The molecule has 9 heteroatoms. The summed E-state index contributed by atoms with van der Waals surface area (Å²) in [6.07, 6.45) is -0.917. The van der Waals surface area contributed by atoms with Crippen LogP contribution in [0.15, 0.2) is 42.9 Å². The largest absolute Gasteiger partial charge is 0.489 e. The van der Waals surface area contributed by atoms with Crippen LogP contribution in [0.3, 0.4) is 0 Å². The summed E-state index contributed by atoms with van der Waals surface area (Å²) in [5.74, 6) is -1.81. The molecule has 152 valence electrons. The van der Waals surface area contributed by atoms with Gasteiger partial charge in [0, 0.05) is 29.7 Å². The minimum absolute atomic E-state index is 0.0562. The molecule has 1 heterocycles. The van der Waals surface area contributed by atoms with Gasteiger partial charge in [0.15, 0.2) is 0 Å². The number of benzene rings is 2. The summed E-state index contributed by atoms with van der Waals surface area (Å²) in [5.41, 5.74) is -0.481. The van der Waals surface area contributed by atoms with Crippen molar-refractivity contribution in [1.82, 2.24) is 15.3 Å². The van der Waals surface area contributed by atoms with E-state index in [9.17, 15) is 22.0 Å². The molecule has 3 aromatic rings. The fraction of sp³-hybridized carbons (Fsp3) is 0.300. The van der Waals surface area contributed by atoms with Gasteiger partial charge in [-0.2, -0.15) is 13.2 Å². The van der Waals surface area contributed by atoms with Crippen molar-refractivity contribution < 1.29 is 26.7 Å². The number of halogens is 5. The van der Waals surface area contributed by atoms with Gasteiger partial charge in [-0.3, -0.25) is 0 Å². The first-order chi connectivity index (χ1) is 13.8. The number of aromatic nitrogens is 2. The van der Waals surface area contributed by atoms with Crippen molar-refractivity contribution in [3.05, 3.63) is 65.6 Å². The van der Waals surface area contributed by atoms with E-state index in [1.165, 1.54) is 18.5 Å². The summed E-state index contributed by atoms with van der Waals surface area (Å²) in [6, 6.07) is 5.33. The smallest absolute Gasteiger partial charge is 0.419 e. The second-order valence-corrected chi connectivity index (χ2v) is 6.85. The topological polar surface area (TPSA) is 47.0 Å². The van der Waals surface area contributed by atoms with Crippen LogP contribution < -0.4 is 10.1 Å². The van der Waals surface area contributed by atoms with E-state index >= 15 is 0 Å². The number of hydrogen-bond acceptors (Lipinski definition) is 4. The Morgan fingerprint density at radius 1 is 1.07 bits per heavy atom. The van der Waals surface area contributed by atoms with Crippen molar-refractivity contribution in [3.8, 4) is 5.75 Å². The van der Waals surface area contributed by atoms with Crippen molar-refractivity contribution in [2.75, 3.05) is 0 Å². The molecule has 1 aromatic heterocycles. The molecular formula is C20H16F5N3O. The van der Waals surface area contributed by atoms with Gasteiger partial charge >= 0.3 is 6.18 Å². The Balaban J connectivity index is 1.45. The zero-order valence-corrected chi connectivity index (χ0v) is 15.0. The molecule has 1 aliphatic rings. The van der Waals surface area contributed by atoms with Crippen LogP contribution >= 0.6 is 0 Å². The first-order valence-corrected chi connectivity index (χ1v) is 8.97. The van der Waals surface area contributed by atoms with Crippen LogP contribution in [-0.2, 0) is 12.7 Å². The number of rotatable bonds is 5. The maximum Gasteiger partial charge on any atom is 0.419 e. The predicted molar refractivity (Wildman–Crippen MR) is 95.2 cm³/mol. The molecule has 0 amide bonds. The van der Waals surface area contributed by atoms with E-state index < -0.39 is 29.5 Å². The van der Waals surface area contributed by atoms with E-state index in [1.54, 1.807) is 12.3 Å². The molecule has 0 aliphatic heterocycles. The summed E-state index contributed by atoms with van der Waals surface area (Å²) < 4.78 is 71.9. The van der Waals surface area contributed by atoms with Gasteiger partial charge in [-0.15, -0.1) is 0 Å². The van der Waals surface area contributed by atoms with Crippen LogP contribution in [0.25, 0.3) is 10.9 Å². The number of hydrogen-bond donors (Lipinski definition) is 1. The maximum absolute atomic E-state index is 14.3. The third-order valence-corrected chi connectivity index (χ3v) is 5.01. The Morgan fingerprint density at radius 2 is 1.86 bits per heavy atom. The Morgan fingerprint density at radius 3 is 2.59 bits per heavy atom. The fourth-order valence-corrected chi connectivity index (χ4v) is 3.31. The Labute approximate surface area is 162 Å². The molecule has 1 N–H and O–H groups in total. The average molecular weight is 409 g/mol. The van der Waals surface area contributed by atoms with Crippen molar-refractivity contribution in [3.63, 3.8) is 0 Å². The van der Waals surface area contributed by atoms with Gasteiger partial charge in [0.2, 0.25) is 0 Å². The molecule has 0 radical (unpaired) electrons. The van der Waals surface area contributed by atoms with Crippen molar-refractivity contribution in [2.45, 2.75) is 37.7 Å². The average Bonchev–Trinajstić information content (AvgIpc) is 2.67. The van der Waals surface area contributed by atoms with Crippen LogP contribution in [0.2, 0.25) is 0 Å². The van der Waals surface area contributed by atoms with E-state index in [0.717, 1.165) is 12.5 Å². The number of nitrogens with zero attached hydrogens (tertiary/aromatic N) is 2. The highest BCUT2D eigenvalue weighted by atomic mass is 19.4. The van der Waals surface area contributed by atoms with E-state index in [4.69, 9.17) is 4.74 Å². The summed E-state index contributed by atoms with van der Waals surface area (Å²) in [6.45, 7) is 0.182. The minimum Gasteiger partial charge on any atom is -0.489 e. The molecule has 0 spiro atoms. The molecule has 2 aromatic carbocycles. The Kier molecular flexibility index (Phi) is 5.08. The van der Waals surface area contributed by atoms with Crippen LogP contribution in [-0.4, -0.2) is 22.1 Å². The zero-order chi connectivity index (χ0) is 20.6. The highest BCUT2D eigenvalue weighted by molar-refractivity contribution is 5.80. The second-order valence-electron chi connectivity index (χ2n) is 6.85. The van der Waals surface area contributed by atoms with Gasteiger partial charge in [-0.1, -0.05) is 0 Å². The van der Waals surface area contributed by atoms with Crippen molar-refractivity contribution in [1.29, 1.82) is 0 Å². The maximum atomic E-state index is 14.3. The lowest BCUT2D eigenvalue weighted by atomic mass is 9.88. The number of nitrogens with one attached hydrogen (secondary N) is 1. The van der Waals surface area contributed by atoms with Crippen LogP contribution in [0.1, 0.15) is 24.0 Å². The molecule has 4 rings (SSSR count). The molecule has 0 saturated heterocycles. The van der Waals surface area contributed by atoms with Crippen molar-refractivity contribution in [2.24, 2.45) is 0 Å².